The minimum absolute atomic E-state index is 0.255. The van der Waals surface area contributed by atoms with Gasteiger partial charge in [-0.2, -0.15) is 0 Å². The summed E-state index contributed by atoms with van der Waals surface area (Å²) in [5.74, 6) is 0. The Balaban J connectivity index is 2.21. The minimum atomic E-state index is -2.26. The molecule has 22 heavy (non-hydrogen) atoms. The zero-order valence-corrected chi connectivity index (χ0v) is 14.3. The Bertz CT molecular complexity index is 764. The average Bonchev–Trinajstić information content (AvgIpc) is 2.48. The van der Waals surface area contributed by atoms with Crippen LogP contribution in [0.25, 0.3) is 11.1 Å². The van der Waals surface area contributed by atoms with E-state index in [0.717, 1.165) is 41.8 Å². The van der Waals surface area contributed by atoms with Crippen molar-refractivity contribution < 1.29 is 8.76 Å². The van der Waals surface area contributed by atoms with E-state index in [2.05, 4.69) is 11.9 Å². The van der Waals surface area contributed by atoms with E-state index in [9.17, 15) is 8.76 Å². The molecular formula is C16H14Cl2NO2S-. The maximum Gasteiger partial charge on any atom is 0.0502 e. The molecule has 1 unspecified atom stereocenters. The fourth-order valence-corrected chi connectivity index (χ4v) is 3.96. The van der Waals surface area contributed by atoms with E-state index in [0.29, 0.717) is 10.0 Å². The maximum atomic E-state index is 11.2. The molecule has 0 amide bonds. The molecule has 1 aliphatic rings. The van der Waals surface area contributed by atoms with Crippen LogP contribution in [0.5, 0.6) is 0 Å². The van der Waals surface area contributed by atoms with Gasteiger partial charge in [0, 0.05) is 28.6 Å². The number of benzene rings is 2. The molecule has 0 saturated carbocycles. The molecule has 0 saturated heterocycles. The van der Waals surface area contributed by atoms with Crippen LogP contribution in [0.1, 0.15) is 11.1 Å². The van der Waals surface area contributed by atoms with Gasteiger partial charge < -0.3 is 9.45 Å². The second kappa shape index (κ2) is 6.30. The van der Waals surface area contributed by atoms with Crippen molar-refractivity contribution in [2.45, 2.75) is 17.9 Å². The summed E-state index contributed by atoms with van der Waals surface area (Å²) in [6.45, 7) is 1.69. The van der Waals surface area contributed by atoms with Crippen LogP contribution < -0.4 is 0 Å². The summed E-state index contributed by atoms with van der Waals surface area (Å²) in [4.78, 5) is 2.46. The second-order valence-electron chi connectivity index (χ2n) is 5.42. The average molecular weight is 355 g/mol. The largest absolute Gasteiger partial charge is 0.768 e. The molecule has 6 heteroatoms. The lowest BCUT2D eigenvalue weighted by molar-refractivity contribution is 0.313. The van der Waals surface area contributed by atoms with Gasteiger partial charge in [-0.25, -0.2) is 0 Å². The SMILES string of the molecule is CN1CCc2c(c(Cl)cc(Cl)c2-c2cccc(S(=O)[O-])c2)C1. The number of halogens is 2. The van der Waals surface area contributed by atoms with E-state index in [-0.39, 0.29) is 4.90 Å². The Morgan fingerprint density at radius 3 is 2.68 bits per heavy atom. The normalized spacial score (nSPS) is 16.4. The quantitative estimate of drug-likeness (QED) is 0.768. The smallest absolute Gasteiger partial charge is 0.0502 e. The molecule has 3 nitrogen and oxygen atoms in total. The molecule has 0 aromatic heterocycles. The standard InChI is InChI=1S/C16H15Cl2NO2S/c1-19-6-5-12-13(9-19)14(17)8-15(18)16(12)10-3-2-4-11(7-10)22(20)21/h2-4,7-8H,5-6,9H2,1H3,(H,20,21)/p-1. The van der Waals surface area contributed by atoms with Crippen molar-refractivity contribution in [1.29, 1.82) is 0 Å². The molecule has 0 radical (unpaired) electrons. The van der Waals surface area contributed by atoms with Crippen LogP contribution in [-0.4, -0.2) is 27.3 Å². The van der Waals surface area contributed by atoms with E-state index in [1.54, 1.807) is 24.3 Å². The minimum Gasteiger partial charge on any atom is -0.768 e. The zero-order chi connectivity index (χ0) is 15.9. The van der Waals surface area contributed by atoms with Gasteiger partial charge in [-0.1, -0.05) is 35.3 Å². The van der Waals surface area contributed by atoms with Crippen LogP contribution in [-0.2, 0) is 24.0 Å². The molecule has 0 aliphatic carbocycles. The molecule has 2 aromatic rings. The fraction of sp³-hybridized carbons (Fsp3) is 0.250. The Kier molecular flexibility index (Phi) is 4.57. The third-order valence-corrected chi connectivity index (χ3v) is 5.21. The monoisotopic (exact) mass is 354 g/mol. The van der Waals surface area contributed by atoms with Crippen LogP contribution in [0.4, 0.5) is 0 Å². The second-order valence-corrected chi connectivity index (χ2v) is 7.18. The fourth-order valence-electron chi connectivity index (χ4n) is 2.88. The highest BCUT2D eigenvalue weighted by atomic mass is 35.5. The van der Waals surface area contributed by atoms with Crippen LogP contribution in [0.3, 0.4) is 0 Å². The van der Waals surface area contributed by atoms with Gasteiger partial charge in [-0.05, 0) is 59.4 Å². The van der Waals surface area contributed by atoms with Gasteiger partial charge >= 0.3 is 0 Å². The van der Waals surface area contributed by atoms with Gasteiger partial charge in [0.25, 0.3) is 0 Å². The first kappa shape index (κ1) is 16.0. The van der Waals surface area contributed by atoms with E-state index in [1.807, 2.05) is 6.07 Å². The lowest BCUT2D eigenvalue weighted by atomic mass is 9.90. The highest BCUT2D eigenvalue weighted by Gasteiger charge is 2.22. The van der Waals surface area contributed by atoms with E-state index >= 15 is 0 Å². The van der Waals surface area contributed by atoms with Crippen molar-refractivity contribution >= 4 is 34.3 Å². The third kappa shape index (κ3) is 2.94. The topological polar surface area (TPSA) is 43.4 Å². The summed E-state index contributed by atoms with van der Waals surface area (Å²) < 4.78 is 22.4. The molecule has 2 aromatic carbocycles. The van der Waals surface area contributed by atoms with Gasteiger partial charge in [-0.15, -0.1) is 0 Å². The lowest BCUT2D eigenvalue weighted by Crippen LogP contribution is -2.27. The van der Waals surface area contributed by atoms with E-state index in [1.165, 1.54) is 0 Å². The van der Waals surface area contributed by atoms with Crippen LogP contribution >= 0.6 is 23.2 Å². The Labute approximate surface area is 142 Å². The first-order chi connectivity index (χ1) is 10.5. The van der Waals surface area contributed by atoms with Gasteiger partial charge in [0.2, 0.25) is 0 Å². The van der Waals surface area contributed by atoms with Gasteiger partial charge in [0.05, 0.1) is 5.02 Å². The molecule has 116 valence electrons. The summed E-state index contributed by atoms with van der Waals surface area (Å²) in [5.41, 5.74) is 3.89. The van der Waals surface area contributed by atoms with Crippen molar-refractivity contribution in [1.82, 2.24) is 4.90 Å². The van der Waals surface area contributed by atoms with Crippen LogP contribution in [0.2, 0.25) is 10.0 Å². The van der Waals surface area contributed by atoms with Crippen molar-refractivity contribution in [3.63, 3.8) is 0 Å². The zero-order valence-electron chi connectivity index (χ0n) is 11.9. The van der Waals surface area contributed by atoms with Gasteiger partial charge in [0.1, 0.15) is 0 Å². The number of hydrogen-bond donors (Lipinski definition) is 0. The molecule has 3 rings (SSSR count). The molecule has 1 atom stereocenters. The Morgan fingerprint density at radius 2 is 1.95 bits per heavy atom. The molecule has 0 bridgehead atoms. The molecule has 0 N–H and O–H groups in total. The summed E-state index contributed by atoms with van der Waals surface area (Å²) >= 11 is 10.5. The third-order valence-electron chi connectivity index (χ3n) is 3.93. The van der Waals surface area contributed by atoms with Gasteiger partial charge in [-0.3, -0.25) is 4.21 Å². The Hall–Kier alpha value is -0.910. The molecule has 1 heterocycles. The number of likely N-dealkylation sites (N-methyl/N-ethyl adjacent to an activating group) is 1. The lowest BCUT2D eigenvalue weighted by Gasteiger charge is -2.28. The summed E-state index contributed by atoms with van der Waals surface area (Å²) in [7, 11) is 2.05. The number of fused-ring (bicyclic) bond motifs is 1. The molecule has 0 spiro atoms. The highest BCUT2D eigenvalue weighted by Crippen LogP contribution is 2.40. The molecule has 1 aliphatic heterocycles. The van der Waals surface area contributed by atoms with Crippen LogP contribution in [0, 0.1) is 0 Å². The summed E-state index contributed by atoms with van der Waals surface area (Å²) in [5, 5.41) is 1.22. The number of rotatable bonds is 2. The Morgan fingerprint density at radius 1 is 1.18 bits per heavy atom. The molecule has 0 fully saturated rings. The first-order valence-corrected chi connectivity index (χ1v) is 8.68. The predicted molar refractivity (Wildman–Crippen MR) is 89.1 cm³/mol. The van der Waals surface area contributed by atoms with E-state index in [4.69, 9.17) is 23.2 Å². The highest BCUT2D eigenvalue weighted by molar-refractivity contribution is 7.79. The number of hydrogen-bond acceptors (Lipinski definition) is 3. The van der Waals surface area contributed by atoms with Gasteiger partial charge in [0.15, 0.2) is 0 Å². The van der Waals surface area contributed by atoms with E-state index < -0.39 is 11.1 Å². The first-order valence-electron chi connectivity index (χ1n) is 6.85. The summed E-state index contributed by atoms with van der Waals surface area (Å²) in [6.07, 6.45) is 0.839. The van der Waals surface area contributed by atoms with Crippen molar-refractivity contribution in [3.8, 4) is 11.1 Å². The summed E-state index contributed by atoms with van der Waals surface area (Å²) in [6, 6.07) is 8.57. The van der Waals surface area contributed by atoms with Crippen molar-refractivity contribution in [2.24, 2.45) is 0 Å². The number of nitrogens with zero attached hydrogens (tertiary/aromatic N) is 1. The molecular weight excluding hydrogens is 341 g/mol. The maximum absolute atomic E-state index is 11.2. The van der Waals surface area contributed by atoms with Crippen molar-refractivity contribution in [2.75, 3.05) is 13.6 Å². The van der Waals surface area contributed by atoms with Crippen LogP contribution in [0.15, 0.2) is 35.2 Å². The predicted octanol–water partition coefficient (Wildman–Crippen LogP) is 3.89. The van der Waals surface area contributed by atoms with Crippen molar-refractivity contribution in [3.05, 3.63) is 51.5 Å².